The van der Waals surface area contributed by atoms with Crippen LogP contribution in [0.15, 0.2) is 0 Å². The van der Waals surface area contributed by atoms with Crippen LogP contribution in [0.1, 0.15) is 19.8 Å². The van der Waals surface area contributed by atoms with Crippen molar-refractivity contribution < 1.29 is 8.42 Å². The third-order valence-electron chi connectivity index (χ3n) is 2.59. The molecule has 1 saturated heterocycles. The minimum atomic E-state index is -2.82. The van der Waals surface area contributed by atoms with E-state index in [-0.39, 0.29) is 11.8 Å². The Morgan fingerprint density at radius 2 is 2.27 bits per heavy atom. The van der Waals surface area contributed by atoms with Gasteiger partial charge in [0.1, 0.15) is 0 Å². The van der Waals surface area contributed by atoms with Crippen LogP contribution in [0.3, 0.4) is 0 Å². The van der Waals surface area contributed by atoms with Crippen molar-refractivity contribution in [2.75, 3.05) is 24.6 Å². The zero-order chi connectivity index (χ0) is 11.5. The van der Waals surface area contributed by atoms with E-state index in [4.69, 9.17) is 18.0 Å². The molecule has 1 fully saturated rings. The fourth-order valence-electron chi connectivity index (χ4n) is 1.94. The average Bonchev–Trinajstić information content (AvgIpc) is 2.44. The van der Waals surface area contributed by atoms with Gasteiger partial charge >= 0.3 is 0 Å². The van der Waals surface area contributed by atoms with Gasteiger partial charge in [-0.3, -0.25) is 4.90 Å². The van der Waals surface area contributed by atoms with E-state index in [2.05, 4.69) is 11.8 Å². The maximum atomic E-state index is 11.3. The van der Waals surface area contributed by atoms with Crippen molar-refractivity contribution in [3.8, 4) is 0 Å². The van der Waals surface area contributed by atoms with Gasteiger partial charge in [-0.1, -0.05) is 19.1 Å². The highest BCUT2D eigenvalue weighted by atomic mass is 32.2. The molecule has 0 radical (unpaired) electrons. The second kappa shape index (κ2) is 5.23. The van der Waals surface area contributed by atoms with Gasteiger partial charge in [0, 0.05) is 12.6 Å². The zero-order valence-corrected chi connectivity index (χ0v) is 10.6. The van der Waals surface area contributed by atoms with Crippen LogP contribution in [0.4, 0.5) is 0 Å². The van der Waals surface area contributed by atoms with Crippen molar-refractivity contribution in [3.05, 3.63) is 0 Å². The lowest BCUT2D eigenvalue weighted by atomic mass is 10.2. The SMILES string of the molecule is CCCN(CC(N)=S)C1CCS(=O)(=O)C1. The van der Waals surface area contributed by atoms with Crippen molar-refractivity contribution in [1.29, 1.82) is 0 Å². The molecular weight excluding hydrogens is 232 g/mol. The van der Waals surface area contributed by atoms with E-state index < -0.39 is 9.84 Å². The minimum absolute atomic E-state index is 0.108. The number of rotatable bonds is 5. The van der Waals surface area contributed by atoms with Crippen molar-refractivity contribution in [3.63, 3.8) is 0 Å². The van der Waals surface area contributed by atoms with Crippen LogP contribution < -0.4 is 5.73 Å². The Hall–Kier alpha value is -0.200. The Balaban J connectivity index is 2.61. The largest absolute Gasteiger partial charge is 0.392 e. The number of nitrogens with zero attached hydrogens (tertiary/aromatic N) is 1. The summed E-state index contributed by atoms with van der Waals surface area (Å²) < 4.78 is 22.7. The molecule has 0 aromatic rings. The van der Waals surface area contributed by atoms with E-state index in [1.165, 1.54) is 0 Å². The molecule has 0 aromatic heterocycles. The predicted octanol–water partition coefficient (Wildman–Crippen LogP) is 0.172. The molecule has 1 heterocycles. The molecule has 0 spiro atoms. The lowest BCUT2D eigenvalue weighted by Crippen LogP contribution is -2.41. The van der Waals surface area contributed by atoms with Crippen LogP contribution in [0, 0.1) is 0 Å². The van der Waals surface area contributed by atoms with Crippen LogP contribution in [0.25, 0.3) is 0 Å². The van der Waals surface area contributed by atoms with Gasteiger partial charge in [0.05, 0.1) is 16.5 Å². The van der Waals surface area contributed by atoms with Crippen molar-refractivity contribution in [2.24, 2.45) is 5.73 Å². The van der Waals surface area contributed by atoms with Crippen LogP contribution in [-0.2, 0) is 9.84 Å². The first kappa shape index (κ1) is 12.9. The van der Waals surface area contributed by atoms with Crippen LogP contribution >= 0.6 is 12.2 Å². The Kier molecular flexibility index (Phi) is 4.48. The molecule has 4 nitrogen and oxygen atoms in total. The second-order valence-corrected chi connectivity index (χ2v) is 6.75. The molecule has 15 heavy (non-hydrogen) atoms. The van der Waals surface area contributed by atoms with Crippen molar-refractivity contribution in [1.82, 2.24) is 4.90 Å². The fraction of sp³-hybridized carbons (Fsp3) is 0.889. The quantitative estimate of drug-likeness (QED) is 0.705. The van der Waals surface area contributed by atoms with Gasteiger partial charge in [-0.15, -0.1) is 0 Å². The van der Waals surface area contributed by atoms with E-state index in [9.17, 15) is 8.42 Å². The van der Waals surface area contributed by atoms with E-state index in [1.807, 2.05) is 0 Å². The number of hydrogen-bond acceptors (Lipinski definition) is 4. The summed E-state index contributed by atoms with van der Waals surface area (Å²) in [4.78, 5) is 2.53. The van der Waals surface area contributed by atoms with E-state index in [0.29, 0.717) is 23.7 Å². The summed E-state index contributed by atoms with van der Waals surface area (Å²) in [5.41, 5.74) is 5.50. The highest BCUT2D eigenvalue weighted by molar-refractivity contribution is 7.91. The molecule has 0 bridgehead atoms. The summed E-state index contributed by atoms with van der Waals surface area (Å²) in [6.07, 6.45) is 1.70. The molecule has 1 rings (SSSR count). The molecule has 1 unspecified atom stereocenters. The maximum Gasteiger partial charge on any atom is 0.151 e. The lowest BCUT2D eigenvalue weighted by Gasteiger charge is -2.26. The number of sulfone groups is 1. The monoisotopic (exact) mass is 250 g/mol. The number of hydrogen-bond donors (Lipinski definition) is 1. The Morgan fingerprint density at radius 1 is 1.60 bits per heavy atom. The molecule has 6 heteroatoms. The van der Waals surface area contributed by atoms with E-state index in [0.717, 1.165) is 13.0 Å². The average molecular weight is 250 g/mol. The minimum Gasteiger partial charge on any atom is -0.392 e. The smallest absolute Gasteiger partial charge is 0.151 e. The van der Waals surface area contributed by atoms with Gasteiger partial charge in [0.15, 0.2) is 9.84 Å². The van der Waals surface area contributed by atoms with Gasteiger partial charge in [-0.25, -0.2) is 8.42 Å². The van der Waals surface area contributed by atoms with Crippen LogP contribution in [0.2, 0.25) is 0 Å². The first-order valence-electron chi connectivity index (χ1n) is 5.17. The van der Waals surface area contributed by atoms with E-state index >= 15 is 0 Å². The van der Waals surface area contributed by atoms with Crippen LogP contribution in [0.5, 0.6) is 0 Å². The third-order valence-corrected chi connectivity index (χ3v) is 4.47. The third kappa shape index (κ3) is 4.04. The normalized spacial score (nSPS) is 24.5. The summed E-state index contributed by atoms with van der Waals surface area (Å²) >= 11 is 4.87. The van der Waals surface area contributed by atoms with Gasteiger partial charge in [-0.05, 0) is 19.4 Å². The number of nitrogens with two attached hydrogens (primary N) is 1. The van der Waals surface area contributed by atoms with Crippen LogP contribution in [-0.4, -0.2) is 48.9 Å². The van der Waals surface area contributed by atoms with Gasteiger partial charge in [0.2, 0.25) is 0 Å². The van der Waals surface area contributed by atoms with Crippen molar-refractivity contribution in [2.45, 2.75) is 25.8 Å². The Bertz CT molecular complexity index is 327. The van der Waals surface area contributed by atoms with Gasteiger partial charge < -0.3 is 5.73 Å². The summed E-state index contributed by atoms with van der Waals surface area (Å²) in [5.74, 6) is 0.560. The highest BCUT2D eigenvalue weighted by Crippen LogP contribution is 2.17. The fourth-order valence-corrected chi connectivity index (χ4v) is 3.87. The topological polar surface area (TPSA) is 63.4 Å². The first-order chi connectivity index (χ1) is 6.94. The molecule has 1 aliphatic heterocycles. The molecule has 1 aliphatic rings. The molecule has 1 atom stereocenters. The second-order valence-electron chi connectivity index (χ2n) is 3.99. The molecule has 88 valence electrons. The molecule has 0 aromatic carbocycles. The summed E-state index contributed by atoms with van der Waals surface area (Å²) in [7, 11) is -2.82. The Morgan fingerprint density at radius 3 is 2.67 bits per heavy atom. The van der Waals surface area contributed by atoms with Gasteiger partial charge in [-0.2, -0.15) is 0 Å². The Labute approximate surface area is 96.7 Å². The molecule has 0 saturated carbocycles. The standard InChI is InChI=1S/C9H18N2O2S2/c1-2-4-11(6-9(10)14)8-3-5-15(12,13)7-8/h8H,2-7H2,1H3,(H2,10,14). The molecule has 2 N–H and O–H groups in total. The summed E-state index contributed by atoms with van der Waals surface area (Å²) in [5, 5.41) is 0. The molecular formula is C9H18N2O2S2. The predicted molar refractivity (Wildman–Crippen MR) is 65.7 cm³/mol. The molecule has 0 amide bonds. The maximum absolute atomic E-state index is 11.3. The summed E-state index contributed by atoms with van der Waals surface area (Å²) in [6.45, 7) is 3.46. The molecule has 0 aliphatic carbocycles. The first-order valence-corrected chi connectivity index (χ1v) is 7.40. The summed E-state index contributed by atoms with van der Waals surface area (Å²) in [6, 6.07) is 0.108. The lowest BCUT2D eigenvalue weighted by molar-refractivity contribution is 0.243. The number of thiocarbonyl (C=S) groups is 1. The van der Waals surface area contributed by atoms with Gasteiger partial charge in [0.25, 0.3) is 0 Å². The van der Waals surface area contributed by atoms with E-state index in [1.54, 1.807) is 0 Å². The highest BCUT2D eigenvalue weighted by Gasteiger charge is 2.31. The van der Waals surface area contributed by atoms with Crippen molar-refractivity contribution >= 4 is 27.0 Å². The zero-order valence-electron chi connectivity index (χ0n) is 8.98.